The maximum absolute atomic E-state index is 5.37. The maximum Gasteiger partial charge on any atom is 0.191 e. The first kappa shape index (κ1) is 17.5. The molecule has 128 valence electrons. The van der Waals surface area contributed by atoms with Crippen LogP contribution in [0.5, 0.6) is 0 Å². The standard InChI is InChI=1S/C17H34N4O/c1-3-15-4-6-16(7-5-15)14-20-17(18-2)19-8-9-21-10-12-22-13-11-21/h15-16H,3-14H2,1-2H3,(H2,18,19,20). The summed E-state index contributed by atoms with van der Waals surface area (Å²) in [5.41, 5.74) is 0. The van der Waals surface area contributed by atoms with E-state index in [2.05, 4.69) is 27.4 Å². The van der Waals surface area contributed by atoms with Crippen molar-refractivity contribution in [3.8, 4) is 0 Å². The summed E-state index contributed by atoms with van der Waals surface area (Å²) < 4.78 is 5.37. The third-order valence-electron chi connectivity index (χ3n) is 5.15. The molecule has 5 heteroatoms. The second kappa shape index (κ2) is 10.1. The van der Waals surface area contributed by atoms with Crippen LogP contribution in [-0.4, -0.2) is 63.8 Å². The first-order valence-corrected chi connectivity index (χ1v) is 9.06. The van der Waals surface area contributed by atoms with Gasteiger partial charge in [-0.1, -0.05) is 26.2 Å². The molecule has 0 unspecified atom stereocenters. The highest BCUT2D eigenvalue weighted by Gasteiger charge is 2.20. The highest BCUT2D eigenvalue weighted by Crippen LogP contribution is 2.29. The van der Waals surface area contributed by atoms with E-state index in [-0.39, 0.29) is 0 Å². The van der Waals surface area contributed by atoms with Gasteiger partial charge in [-0.15, -0.1) is 0 Å². The summed E-state index contributed by atoms with van der Waals surface area (Å²) in [6.07, 6.45) is 6.91. The summed E-state index contributed by atoms with van der Waals surface area (Å²) in [4.78, 5) is 6.78. The molecule has 1 saturated heterocycles. The Hall–Kier alpha value is -0.810. The van der Waals surface area contributed by atoms with Crippen LogP contribution in [0.1, 0.15) is 39.0 Å². The van der Waals surface area contributed by atoms with Gasteiger partial charge in [-0.25, -0.2) is 0 Å². The predicted molar refractivity (Wildman–Crippen MR) is 92.4 cm³/mol. The van der Waals surface area contributed by atoms with E-state index in [1.165, 1.54) is 32.1 Å². The number of hydrogen-bond donors (Lipinski definition) is 2. The summed E-state index contributed by atoms with van der Waals surface area (Å²) >= 11 is 0. The van der Waals surface area contributed by atoms with Crippen molar-refractivity contribution in [1.29, 1.82) is 0 Å². The third kappa shape index (κ3) is 6.13. The fourth-order valence-corrected chi connectivity index (χ4v) is 3.46. The molecule has 0 amide bonds. The minimum Gasteiger partial charge on any atom is -0.379 e. The molecule has 2 fully saturated rings. The Morgan fingerprint density at radius 1 is 1.09 bits per heavy atom. The Morgan fingerprint density at radius 3 is 2.41 bits per heavy atom. The molecule has 5 nitrogen and oxygen atoms in total. The van der Waals surface area contributed by atoms with Gasteiger partial charge in [0.05, 0.1) is 13.2 Å². The van der Waals surface area contributed by atoms with E-state index in [9.17, 15) is 0 Å². The number of hydrogen-bond acceptors (Lipinski definition) is 3. The van der Waals surface area contributed by atoms with Gasteiger partial charge in [0.1, 0.15) is 0 Å². The second-order valence-corrected chi connectivity index (χ2v) is 6.63. The van der Waals surface area contributed by atoms with Crippen LogP contribution in [0, 0.1) is 11.8 Å². The predicted octanol–water partition coefficient (Wildman–Crippen LogP) is 1.70. The first-order valence-electron chi connectivity index (χ1n) is 9.06. The summed E-state index contributed by atoms with van der Waals surface area (Å²) in [5, 5.41) is 6.94. The van der Waals surface area contributed by atoms with Crippen LogP contribution in [0.15, 0.2) is 4.99 Å². The van der Waals surface area contributed by atoms with Crippen LogP contribution >= 0.6 is 0 Å². The van der Waals surface area contributed by atoms with Crippen molar-refractivity contribution >= 4 is 5.96 Å². The molecule has 0 radical (unpaired) electrons. The topological polar surface area (TPSA) is 48.9 Å². The lowest BCUT2D eigenvalue weighted by Crippen LogP contribution is -2.45. The molecule has 0 aromatic heterocycles. The minimum absolute atomic E-state index is 0.820. The van der Waals surface area contributed by atoms with Crippen LogP contribution in [0.3, 0.4) is 0 Å². The fraction of sp³-hybridized carbons (Fsp3) is 0.941. The second-order valence-electron chi connectivity index (χ2n) is 6.63. The molecule has 0 aromatic carbocycles. The summed E-state index contributed by atoms with van der Waals surface area (Å²) in [7, 11) is 1.86. The molecule has 1 aliphatic heterocycles. The first-order chi connectivity index (χ1) is 10.8. The monoisotopic (exact) mass is 310 g/mol. The average Bonchev–Trinajstić information content (AvgIpc) is 2.59. The molecule has 0 bridgehead atoms. The number of nitrogens with zero attached hydrogens (tertiary/aromatic N) is 2. The van der Waals surface area contributed by atoms with E-state index >= 15 is 0 Å². The van der Waals surface area contributed by atoms with Gasteiger partial charge in [0.15, 0.2) is 5.96 Å². The van der Waals surface area contributed by atoms with Crippen LogP contribution in [-0.2, 0) is 4.74 Å². The number of guanidine groups is 1. The van der Waals surface area contributed by atoms with Gasteiger partial charge >= 0.3 is 0 Å². The van der Waals surface area contributed by atoms with Crippen LogP contribution in [0.2, 0.25) is 0 Å². The Bertz CT molecular complexity index is 321. The molecule has 0 aromatic rings. The lowest BCUT2D eigenvalue weighted by molar-refractivity contribution is 0.0389. The molecule has 1 saturated carbocycles. The Labute approximate surface area is 135 Å². The number of morpholine rings is 1. The van der Waals surface area contributed by atoms with Crippen LogP contribution in [0.25, 0.3) is 0 Å². The molecule has 1 heterocycles. The summed E-state index contributed by atoms with van der Waals surface area (Å²) in [6.45, 7) is 9.23. The van der Waals surface area contributed by atoms with Crippen LogP contribution < -0.4 is 10.6 Å². The number of nitrogens with one attached hydrogen (secondary N) is 2. The molecular weight excluding hydrogens is 276 g/mol. The van der Waals surface area contributed by atoms with Gasteiger partial charge in [-0.05, 0) is 24.7 Å². The van der Waals surface area contributed by atoms with Crippen molar-refractivity contribution < 1.29 is 4.74 Å². The molecule has 22 heavy (non-hydrogen) atoms. The molecule has 1 aliphatic carbocycles. The normalized spacial score (nSPS) is 27.6. The highest BCUT2D eigenvalue weighted by molar-refractivity contribution is 5.79. The average molecular weight is 310 g/mol. The van der Waals surface area contributed by atoms with E-state index < -0.39 is 0 Å². The van der Waals surface area contributed by atoms with Gasteiger partial charge in [0.2, 0.25) is 0 Å². The van der Waals surface area contributed by atoms with Gasteiger partial charge < -0.3 is 15.4 Å². The number of ether oxygens (including phenoxy) is 1. The van der Waals surface area contributed by atoms with Gasteiger partial charge in [0.25, 0.3) is 0 Å². The fourth-order valence-electron chi connectivity index (χ4n) is 3.46. The van der Waals surface area contributed by atoms with Gasteiger partial charge in [-0.3, -0.25) is 9.89 Å². The number of rotatable bonds is 6. The summed E-state index contributed by atoms with van der Waals surface area (Å²) in [5.74, 6) is 2.74. The van der Waals surface area contributed by atoms with E-state index in [0.29, 0.717) is 0 Å². The molecular formula is C17H34N4O. The molecule has 2 aliphatic rings. The zero-order chi connectivity index (χ0) is 15.6. The van der Waals surface area contributed by atoms with Crippen molar-refractivity contribution in [3.63, 3.8) is 0 Å². The zero-order valence-corrected chi connectivity index (χ0v) is 14.4. The molecule has 0 atom stereocenters. The maximum atomic E-state index is 5.37. The van der Waals surface area contributed by atoms with Crippen molar-refractivity contribution in [2.45, 2.75) is 39.0 Å². The van der Waals surface area contributed by atoms with Crippen molar-refractivity contribution in [3.05, 3.63) is 0 Å². The van der Waals surface area contributed by atoms with E-state index in [0.717, 1.165) is 63.7 Å². The lowest BCUT2D eigenvalue weighted by atomic mass is 9.81. The lowest BCUT2D eigenvalue weighted by Gasteiger charge is -2.29. The van der Waals surface area contributed by atoms with Crippen molar-refractivity contribution in [1.82, 2.24) is 15.5 Å². The number of aliphatic imine (C=N–C) groups is 1. The third-order valence-corrected chi connectivity index (χ3v) is 5.15. The van der Waals surface area contributed by atoms with Gasteiger partial charge in [-0.2, -0.15) is 0 Å². The summed E-state index contributed by atoms with van der Waals surface area (Å²) in [6, 6.07) is 0. The Balaban J connectivity index is 1.57. The molecule has 2 N–H and O–H groups in total. The highest BCUT2D eigenvalue weighted by atomic mass is 16.5. The zero-order valence-electron chi connectivity index (χ0n) is 14.4. The van der Waals surface area contributed by atoms with E-state index in [1.54, 1.807) is 0 Å². The largest absolute Gasteiger partial charge is 0.379 e. The Kier molecular flexibility index (Phi) is 8.02. The van der Waals surface area contributed by atoms with E-state index in [4.69, 9.17) is 4.74 Å². The van der Waals surface area contributed by atoms with Gasteiger partial charge in [0, 0.05) is 39.8 Å². The smallest absolute Gasteiger partial charge is 0.191 e. The SMILES string of the molecule is CCC1CCC(CNC(=NC)NCCN2CCOCC2)CC1. The van der Waals surface area contributed by atoms with Crippen LogP contribution in [0.4, 0.5) is 0 Å². The van der Waals surface area contributed by atoms with Crippen molar-refractivity contribution in [2.24, 2.45) is 16.8 Å². The van der Waals surface area contributed by atoms with Crippen molar-refractivity contribution in [2.75, 3.05) is 53.0 Å². The van der Waals surface area contributed by atoms with E-state index in [1.807, 2.05) is 7.05 Å². The Morgan fingerprint density at radius 2 is 1.77 bits per heavy atom. The molecule has 0 spiro atoms. The quantitative estimate of drug-likeness (QED) is 0.579. The molecule has 2 rings (SSSR count). The minimum atomic E-state index is 0.820.